The molecule has 1 saturated heterocycles. The van der Waals surface area contributed by atoms with Crippen LogP contribution in [0.25, 0.3) is 0 Å². The van der Waals surface area contributed by atoms with Crippen molar-refractivity contribution < 1.29 is 14.7 Å². The second kappa shape index (κ2) is 6.13. The SMILES string of the molecule is CC1CCCCN1C(=O)Nc1ccc(C(=O)O)c(Cl)c1. The molecule has 0 spiro atoms. The van der Waals surface area contributed by atoms with Crippen molar-refractivity contribution in [3.8, 4) is 0 Å². The first-order valence-corrected chi connectivity index (χ1v) is 6.97. The van der Waals surface area contributed by atoms with Gasteiger partial charge in [0.2, 0.25) is 0 Å². The maximum atomic E-state index is 12.2. The third-order valence-electron chi connectivity index (χ3n) is 3.51. The van der Waals surface area contributed by atoms with Crippen LogP contribution in [0.2, 0.25) is 5.02 Å². The molecule has 1 aromatic rings. The normalized spacial score (nSPS) is 18.7. The Hall–Kier alpha value is -1.75. The molecule has 0 saturated carbocycles. The van der Waals surface area contributed by atoms with Gasteiger partial charge in [0.1, 0.15) is 0 Å². The number of carbonyl (C=O) groups is 2. The van der Waals surface area contributed by atoms with Crippen molar-refractivity contribution in [2.45, 2.75) is 32.2 Å². The molecule has 108 valence electrons. The second-order valence-corrected chi connectivity index (χ2v) is 5.38. The van der Waals surface area contributed by atoms with E-state index < -0.39 is 5.97 Å². The maximum absolute atomic E-state index is 12.2. The van der Waals surface area contributed by atoms with E-state index in [1.54, 1.807) is 11.0 Å². The summed E-state index contributed by atoms with van der Waals surface area (Å²) in [5, 5.41) is 11.8. The molecule has 2 amide bonds. The molecule has 0 aliphatic carbocycles. The van der Waals surface area contributed by atoms with Crippen LogP contribution in [0.1, 0.15) is 36.5 Å². The second-order valence-electron chi connectivity index (χ2n) is 4.97. The number of likely N-dealkylation sites (tertiary alicyclic amines) is 1. The van der Waals surface area contributed by atoms with E-state index in [0.717, 1.165) is 25.8 Å². The zero-order chi connectivity index (χ0) is 14.7. The molecule has 0 bridgehead atoms. The van der Waals surface area contributed by atoms with Gasteiger partial charge in [0.25, 0.3) is 0 Å². The van der Waals surface area contributed by atoms with Gasteiger partial charge in [-0.2, -0.15) is 0 Å². The molecule has 1 aliphatic rings. The predicted molar refractivity (Wildman–Crippen MR) is 77.4 cm³/mol. The summed E-state index contributed by atoms with van der Waals surface area (Å²) in [6.07, 6.45) is 3.16. The molecule has 1 aliphatic heterocycles. The molecule has 1 unspecified atom stereocenters. The summed E-state index contributed by atoms with van der Waals surface area (Å²) in [6.45, 7) is 2.77. The van der Waals surface area contributed by atoms with Crippen molar-refractivity contribution in [2.75, 3.05) is 11.9 Å². The standard InChI is InChI=1S/C14H17ClN2O3/c1-9-4-2-3-7-17(9)14(20)16-10-5-6-11(13(18)19)12(15)8-10/h5-6,8-9H,2-4,7H2,1H3,(H,16,20)(H,18,19). The number of nitrogens with zero attached hydrogens (tertiary/aromatic N) is 1. The Morgan fingerprint density at radius 1 is 1.40 bits per heavy atom. The van der Waals surface area contributed by atoms with E-state index in [9.17, 15) is 9.59 Å². The average Bonchev–Trinajstić information content (AvgIpc) is 2.38. The molecule has 1 atom stereocenters. The minimum absolute atomic E-state index is 0.0241. The lowest BCUT2D eigenvalue weighted by atomic mass is 10.0. The van der Waals surface area contributed by atoms with E-state index in [-0.39, 0.29) is 22.7 Å². The number of rotatable bonds is 2. The summed E-state index contributed by atoms with van der Waals surface area (Å²) < 4.78 is 0. The topological polar surface area (TPSA) is 69.6 Å². The van der Waals surface area contributed by atoms with Crippen LogP contribution in [0.15, 0.2) is 18.2 Å². The Morgan fingerprint density at radius 2 is 2.15 bits per heavy atom. The fraction of sp³-hybridized carbons (Fsp3) is 0.429. The lowest BCUT2D eigenvalue weighted by Crippen LogP contribution is -2.44. The van der Waals surface area contributed by atoms with E-state index in [4.69, 9.17) is 16.7 Å². The Balaban J connectivity index is 2.08. The number of benzene rings is 1. The van der Waals surface area contributed by atoms with E-state index in [0.29, 0.717) is 5.69 Å². The molecule has 2 rings (SSSR count). The van der Waals surface area contributed by atoms with Crippen LogP contribution in [0, 0.1) is 0 Å². The summed E-state index contributed by atoms with van der Waals surface area (Å²) in [6, 6.07) is 4.44. The largest absolute Gasteiger partial charge is 0.478 e. The summed E-state index contributed by atoms with van der Waals surface area (Å²) in [5.41, 5.74) is 0.527. The summed E-state index contributed by atoms with van der Waals surface area (Å²) in [4.78, 5) is 24.8. The lowest BCUT2D eigenvalue weighted by Gasteiger charge is -2.33. The first-order chi connectivity index (χ1) is 9.49. The van der Waals surface area contributed by atoms with Gasteiger partial charge in [-0.1, -0.05) is 11.6 Å². The Kier molecular flexibility index (Phi) is 4.49. The number of piperidine rings is 1. The van der Waals surface area contributed by atoms with Crippen molar-refractivity contribution in [1.82, 2.24) is 4.90 Å². The minimum Gasteiger partial charge on any atom is -0.478 e. The van der Waals surface area contributed by atoms with Crippen molar-refractivity contribution >= 4 is 29.3 Å². The number of carbonyl (C=O) groups excluding carboxylic acids is 1. The van der Waals surface area contributed by atoms with Gasteiger partial charge in [0.15, 0.2) is 0 Å². The smallest absolute Gasteiger partial charge is 0.337 e. The Bertz CT molecular complexity index is 533. The van der Waals surface area contributed by atoms with Gasteiger partial charge in [-0.05, 0) is 44.4 Å². The van der Waals surface area contributed by atoms with Crippen molar-refractivity contribution in [1.29, 1.82) is 0 Å². The monoisotopic (exact) mass is 296 g/mol. The number of aromatic carboxylic acids is 1. The highest BCUT2D eigenvalue weighted by Crippen LogP contribution is 2.22. The van der Waals surface area contributed by atoms with Gasteiger partial charge in [0, 0.05) is 18.3 Å². The van der Waals surface area contributed by atoms with E-state index in [1.165, 1.54) is 12.1 Å². The lowest BCUT2D eigenvalue weighted by molar-refractivity contribution is 0.0697. The molecule has 1 fully saturated rings. The zero-order valence-corrected chi connectivity index (χ0v) is 12.0. The zero-order valence-electron chi connectivity index (χ0n) is 11.2. The molecular formula is C14H17ClN2O3. The quantitative estimate of drug-likeness (QED) is 0.878. The van der Waals surface area contributed by atoms with Crippen molar-refractivity contribution in [3.05, 3.63) is 28.8 Å². The molecule has 2 N–H and O–H groups in total. The van der Waals surface area contributed by atoms with Crippen LogP contribution in [0.5, 0.6) is 0 Å². The van der Waals surface area contributed by atoms with E-state index in [1.807, 2.05) is 6.92 Å². The molecule has 5 nitrogen and oxygen atoms in total. The van der Waals surface area contributed by atoms with Crippen LogP contribution < -0.4 is 5.32 Å². The third kappa shape index (κ3) is 3.22. The van der Waals surface area contributed by atoms with Crippen LogP contribution in [-0.4, -0.2) is 34.6 Å². The van der Waals surface area contributed by atoms with Gasteiger partial charge in [0.05, 0.1) is 10.6 Å². The molecule has 1 heterocycles. The molecule has 20 heavy (non-hydrogen) atoms. The average molecular weight is 297 g/mol. The Morgan fingerprint density at radius 3 is 2.75 bits per heavy atom. The molecule has 0 aromatic heterocycles. The van der Waals surface area contributed by atoms with Gasteiger partial charge < -0.3 is 15.3 Å². The van der Waals surface area contributed by atoms with Gasteiger partial charge in [-0.25, -0.2) is 9.59 Å². The van der Waals surface area contributed by atoms with Crippen LogP contribution in [0.3, 0.4) is 0 Å². The van der Waals surface area contributed by atoms with Crippen LogP contribution in [0.4, 0.5) is 10.5 Å². The highest BCUT2D eigenvalue weighted by atomic mass is 35.5. The Labute approximate surface area is 122 Å². The van der Waals surface area contributed by atoms with E-state index >= 15 is 0 Å². The van der Waals surface area contributed by atoms with Crippen molar-refractivity contribution in [3.63, 3.8) is 0 Å². The van der Waals surface area contributed by atoms with Crippen molar-refractivity contribution in [2.24, 2.45) is 0 Å². The number of anilines is 1. The van der Waals surface area contributed by atoms with Gasteiger partial charge in [-0.3, -0.25) is 0 Å². The summed E-state index contributed by atoms with van der Waals surface area (Å²) in [5.74, 6) is -1.09. The van der Waals surface area contributed by atoms with Gasteiger partial charge in [-0.15, -0.1) is 0 Å². The summed E-state index contributed by atoms with van der Waals surface area (Å²) >= 11 is 5.88. The number of amides is 2. The number of carboxylic acid groups (broad SMARTS) is 1. The number of carboxylic acids is 1. The van der Waals surface area contributed by atoms with E-state index in [2.05, 4.69) is 5.32 Å². The highest BCUT2D eigenvalue weighted by molar-refractivity contribution is 6.33. The molecule has 6 heteroatoms. The number of hydrogen-bond donors (Lipinski definition) is 2. The fourth-order valence-electron chi connectivity index (χ4n) is 2.36. The molecule has 1 aromatic carbocycles. The maximum Gasteiger partial charge on any atom is 0.337 e. The third-order valence-corrected chi connectivity index (χ3v) is 3.83. The number of urea groups is 1. The molecular weight excluding hydrogens is 280 g/mol. The number of halogens is 1. The first kappa shape index (κ1) is 14.7. The summed E-state index contributed by atoms with van der Waals surface area (Å²) in [7, 11) is 0. The highest BCUT2D eigenvalue weighted by Gasteiger charge is 2.23. The number of hydrogen-bond acceptors (Lipinski definition) is 2. The van der Waals surface area contributed by atoms with Crippen LogP contribution in [-0.2, 0) is 0 Å². The van der Waals surface area contributed by atoms with Gasteiger partial charge >= 0.3 is 12.0 Å². The molecule has 0 radical (unpaired) electrons. The van der Waals surface area contributed by atoms with Crippen LogP contribution >= 0.6 is 11.6 Å². The first-order valence-electron chi connectivity index (χ1n) is 6.59. The number of nitrogens with one attached hydrogen (secondary N) is 1. The predicted octanol–water partition coefficient (Wildman–Crippen LogP) is 3.44. The fourth-order valence-corrected chi connectivity index (χ4v) is 2.62. The minimum atomic E-state index is -1.09.